The van der Waals surface area contributed by atoms with Gasteiger partial charge in [-0.3, -0.25) is 4.79 Å². The van der Waals surface area contributed by atoms with Gasteiger partial charge in [-0.1, -0.05) is 23.7 Å². The normalized spacial score (nSPS) is 11.0. The van der Waals surface area contributed by atoms with Crippen molar-refractivity contribution < 1.29 is 4.79 Å². The van der Waals surface area contributed by atoms with E-state index in [9.17, 15) is 4.79 Å². The van der Waals surface area contributed by atoms with Crippen molar-refractivity contribution >= 4 is 49.5 Å². The van der Waals surface area contributed by atoms with Gasteiger partial charge in [0.1, 0.15) is 0 Å². The second-order valence-corrected chi connectivity index (χ2v) is 6.49. The van der Waals surface area contributed by atoms with Gasteiger partial charge in [0.2, 0.25) is 5.78 Å². The second kappa shape index (κ2) is 4.50. The molecule has 2 heterocycles. The highest BCUT2D eigenvalue weighted by atomic mass is 35.5. The van der Waals surface area contributed by atoms with Crippen LogP contribution in [-0.4, -0.2) is 5.78 Å². The first-order chi connectivity index (χ1) is 8.65. The molecule has 0 atom stereocenters. The molecule has 2 aromatic heterocycles. The van der Waals surface area contributed by atoms with E-state index in [-0.39, 0.29) is 5.78 Å². The summed E-state index contributed by atoms with van der Waals surface area (Å²) < 4.78 is 2.34. The Kier molecular flexibility index (Phi) is 2.98. The van der Waals surface area contributed by atoms with Crippen LogP contribution in [0, 0.1) is 6.92 Å². The number of rotatable bonds is 2. The summed E-state index contributed by atoms with van der Waals surface area (Å²) in [5, 5.41) is 2.68. The summed E-state index contributed by atoms with van der Waals surface area (Å²) in [7, 11) is 0. The minimum Gasteiger partial charge on any atom is -0.288 e. The lowest BCUT2D eigenvalue weighted by molar-refractivity contribution is 0.104. The molecule has 0 unspecified atom stereocenters. The summed E-state index contributed by atoms with van der Waals surface area (Å²) in [4.78, 5) is 13.1. The number of thiophene rings is 2. The van der Waals surface area contributed by atoms with Crippen molar-refractivity contribution in [1.29, 1.82) is 0 Å². The summed E-state index contributed by atoms with van der Waals surface area (Å²) >= 11 is 9.25. The highest BCUT2D eigenvalue weighted by Gasteiger charge is 2.14. The fraction of sp³-hybridized carbons (Fsp3) is 0.0714. The number of hydrogen-bond donors (Lipinski definition) is 0. The van der Waals surface area contributed by atoms with Crippen molar-refractivity contribution in [3.63, 3.8) is 0 Å². The second-order valence-electron chi connectivity index (χ2n) is 4.05. The van der Waals surface area contributed by atoms with Crippen LogP contribution in [0.4, 0.5) is 0 Å². The Balaban J connectivity index is 2.03. The number of hydrogen-bond acceptors (Lipinski definition) is 3. The first-order valence-corrected chi connectivity index (χ1v) is 7.50. The maximum absolute atomic E-state index is 12.3. The van der Waals surface area contributed by atoms with Gasteiger partial charge in [0.05, 0.1) is 4.88 Å². The molecule has 0 fully saturated rings. The van der Waals surface area contributed by atoms with Crippen LogP contribution in [0.25, 0.3) is 9.40 Å². The number of aryl methyl sites for hydroxylation is 1. The van der Waals surface area contributed by atoms with E-state index in [0.29, 0.717) is 10.6 Å². The monoisotopic (exact) mass is 292 g/mol. The van der Waals surface area contributed by atoms with Crippen LogP contribution in [0.2, 0.25) is 5.02 Å². The van der Waals surface area contributed by atoms with Crippen molar-refractivity contribution in [2.24, 2.45) is 0 Å². The molecule has 4 heteroatoms. The van der Waals surface area contributed by atoms with Gasteiger partial charge in [-0.05, 0) is 36.1 Å². The number of fused-ring (bicyclic) bond motifs is 1. The predicted octanol–water partition coefficient (Wildman–Crippen LogP) is 5.16. The van der Waals surface area contributed by atoms with Gasteiger partial charge in [-0.15, -0.1) is 22.7 Å². The number of benzene rings is 1. The average molecular weight is 293 g/mol. The molecule has 0 saturated carbocycles. The molecule has 3 aromatic rings. The fourth-order valence-corrected chi connectivity index (χ4v) is 4.01. The summed E-state index contributed by atoms with van der Waals surface area (Å²) in [6, 6.07) is 9.46. The third-order valence-electron chi connectivity index (χ3n) is 2.80. The van der Waals surface area contributed by atoms with E-state index in [4.69, 9.17) is 11.6 Å². The molecule has 0 N–H and O–H groups in total. The van der Waals surface area contributed by atoms with Gasteiger partial charge in [-0.25, -0.2) is 0 Å². The van der Waals surface area contributed by atoms with E-state index < -0.39 is 0 Å². The molecule has 0 aliphatic carbocycles. The van der Waals surface area contributed by atoms with Crippen molar-refractivity contribution in [3.8, 4) is 0 Å². The molecule has 0 aliphatic heterocycles. The molecule has 0 saturated heterocycles. The molecule has 18 heavy (non-hydrogen) atoms. The first kappa shape index (κ1) is 11.9. The van der Waals surface area contributed by atoms with Crippen LogP contribution in [0.5, 0.6) is 0 Å². The smallest absolute Gasteiger partial charge is 0.203 e. The molecule has 1 aromatic carbocycles. The molecule has 0 radical (unpaired) electrons. The minimum absolute atomic E-state index is 0.0466. The average Bonchev–Trinajstić information content (AvgIpc) is 2.92. The summed E-state index contributed by atoms with van der Waals surface area (Å²) in [5.74, 6) is 0.0466. The van der Waals surface area contributed by atoms with Crippen molar-refractivity contribution in [3.05, 3.63) is 56.7 Å². The van der Waals surface area contributed by atoms with E-state index in [1.807, 2.05) is 36.6 Å². The molecule has 0 bridgehead atoms. The number of halogens is 1. The molecule has 0 amide bonds. The van der Waals surface area contributed by atoms with Gasteiger partial charge in [0, 0.05) is 20.0 Å². The van der Waals surface area contributed by atoms with Crippen LogP contribution in [-0.2, 0) is 0 Å². The van der Waals surface area contributed by atoms with Gasteiger partial charge in [-0.2, -0.15) is 0 Å². The summed E-state index contributed by atoms with van der Waals surface area (Å²) in [5.41, 5.74) is 1.64. The molecule has 0 spiro atoms. The summed E-state index contributed by atoms with van der Waals surface area (Å²) in [6.07, 6.45) is 0. The maximum atomic E-state index is 12.3. The molecule has 1 nitrogen and oxygen atoms in total. The standard InChI is InChI=1S/C14H9ClOS2/c1-8-2-3-9(6-10(8)15)14(16)13-7-12-11(18-13)4-5-17-12/h2-7H,1H3. The Hall–Kier alpha value is -1.16. The zero-order valence-electron chi connectivity index (χ0n) is 9.57. The molecular weight excluding hydrogens is 284 g/mol. The number of carbonyl (C=O) groups is 1. The lowest BCUT2D eigenvalue weighted by atomic mass is 10.1. The van der Waals surface area contributed by atoms with Crippen molar-refractivity contribution in [2.75, 3.05) is 0 Å². The van der Waals surface area contributed by atoms with E-state index >= 15 is 0 Å². The van der Waals surface area contributed by atoms with Gasteiger partial charge in [0.25, 0.3) is 0 Å². The maximum Gasteiger partial charge on any atom is 0.203 e. The van der Waals surface area contributed by atoms with Crippen LogP contribution in [0.15, 0.2) is 35.7 Å². The summed E-state index contributed by atoms with van der Waals surface area (Å²) in [6.45, 7) is 1.93. The quantitative estimate of drug-likeness (QED) is 0.597. The zero-order chi connectivity index (χ0) is 12.7. The first-order valence-electron chi connectivity index (χ1n) is 5.43. The SMILES string of the molecule is Cc1ccc(C(=O)c2cc3sccc3s2)cc1Cl. The largest absolute Gasteiger partial charge is 0.288 e. The Morgan fingerprint density at radius 2 is 2.00 bits per heavy atom. The molecule has 90 valence electrons. The predicted molar refractivity (Wildman–Crippen MR) is 79.3 cm³/mol. The highest BCUT2D eigenvalue weighted by Crippen LogP contribution is 2.31. The van der Waals surface area contributed by atoms with E-state index in [2.05, 4.69) is 0 Å². The molecule has 0 aliphatic rings. The Morgan fingerprint density at radius 1 is 1.17 bits per heavy atom. The Labute approximate surface area is 118 Å². The number of carbonyl (C=O) groups excluding carboxylic acids is 1. The molecular formula is C14H9ClOS2. The molecule has 3 rings (SSSR count). The van der Waals surface area contributed by atoms with E-state index in [0.717, 1.165) is 10.4 Å². The van der Waals surface area contributed by atoms with Gasteiger partial charge < -0.3 is 0 Å². The Bertz CT molecular complexity index is 711. The third-order valence-corrected chi connectivity index (χ3v) is 5.30. The van der Waals surface area contributed by atoms with Crippen LogP contribution < -0.4 is 0 Å². The van der Waals surface area contributed by atoms with E-state index in [1.54, 1.807) is 17.4 Å². The minimum atomic E-state index is 0.0466. The van der Waals surface area contributed by atoms with Crippen LogP contribution in [0.3, 0.4) is 0 Å². The Morgan fingerprint density at radius 3 is 2.72 bits per heavy atom. The number of ketones is 1. The van der Waals surface area contributed by atoms with Crippen molar-refractivity contribution in [2.45, 2.75) is 6.92 Å². The van der Waals surface area contributed by atoms with Gasteiger partial charge in [0.15, 0.2) is 0 Å². The van der Waals surface area contributed by atoms with Crippen LogP contribution >= 0.6 is 34.3 Å². The zero-order valence-corrected chi connectivity index (χ0v) is 12.0. The van der Waals surface area contributed by atoms with E-state index in [1.165, 1.54) is 20.7 Å². The van der Waals surface area contributed by atoms with Gasteiger partial charge >= 0.3 is 0 Å². The highest BCUT2D eigenvalue weighted by molar-refractivity contribution is 7.28. The van der Waals surface area contributed by atoms with Crippen LogP contribution in [0.1, 0.15) is 20.8 Å². The lowest BCUT2D eigenvalue weighted by Crippen LogP contribution is -1.98. The topological polar surface area (TPSA) is 17.1 Å². The fourth-order valence-electron chi connectivity index (χ4n) is 1.75. The lowest BCUT2D eigenvalue weighted by Gasteiger charge is -2.01. The third kappa shape index (κ3) is 1.99. The van der Waals surface area contributed by atoms with Crippen molar-refractivity contribution in [1.82, 2.24) is 0 Å².